The molecular weight excluding hydrogens is 284 g/mol. The Morgan fingerprint density at radius 1 is 1.45 bits per heavy atom. The molecule has 2 heterocycles. The van der Waals surface area contributed by atoms with E-state index in [2.05, 4.69) is 15.3 Å². The van der Waals surface area contributed by atoms with Gasteiger partial charge < -0.3 is 20.1 Å². The van der Waals surface area contributed by atoms with E-state index in [0.29, 0.717) is 13.1 Å². The number of amides is 1. The quantitative estimate of drug-likeness (QED) is 0.861. The van der Waals surface area contributed by atoms with Gasteiger partial charge in [0, 0.05) is 18.8 Å². The molecule has 7 heteroatoms. The van der Waals surface area contributed by atoms with Crippen LogP contribution >= 0.6 is 0 Å². The third-order valence-electron chi connectivity index (χ3n) is 3.35. The van der Waals surface area contributed by atoms with E-state index in [-0.39, 0.29) is 12.6 Å². The van der Waals surface area contributed by atoms with Gasteiger partial charge in [-0.1, -0.05) is 0 Å². The van der Waals surface area contributed by atoms with Crippen LogP contribution in [0.4, 0.5) is 4.79 Å². The molecule has 22 heavy (non-hydrogen) atoms. The molecule has 2 atom stereocenters. The summed E-state index contributed by atoms with van der Waals surface area (Å²) >= 11 is 0. The second kappa shape index (κ2) is 6.58. The fraction of sp³-hybridized carbons (Fsp3) is 0.667. The number of likely N-dealkylation sites (tertiary alicyclic amines) is 1. The van der Waals surface area contributed by atoms with Crippen LogP contribution in [-0.2, 0) is 11.3 Å². The zero-order valence-corrected chi connectivity index (χ0v) is 13.5. The van der Waals surface area contributed by atoms with Crippen LogP contribution in [-0.4, -0.2) is 56.9 Å². The Labute approximate surface area is 130 Å². The molecule has 1 aliphatic rings. The SMILES string of the molecule is Cc1cc(CN[C@@H]2CN(C(=O)OC(C)(C)C)C[C@H]2O)ncn1. The summed E-state index contributed by atoms with van der Waals surface area (Å²) in [6.45, 7) is 8.59. The Hall–Kier alpha value is -1.73. The van der Waals surface area contributed by atoms with E-state index in [9.17, 15) is 9.90 Å². The Balaban J connectivity index is 1.87. The minimum atomic E-state index is -0.615. The molecule has 7 nitrogen and oxygen atoms in total. The number of carbonyl (C=O) groups is 1. The van der Waals surface area contributed by atoms with Crippen molar-refractivity contribution in [2.45, 2.75) is 52.0 Å². The Morgan fingerprint density at radius 2 is 2.18 bits per heavy atom. The molecule has 1 aromatic heterocycles. The lowest BCUT2D eigenvalue weighted by atomic mass is 10.2. The second-order valence-corrected chi connectivity index (χ2v) is 6.59. The maximum Gasteiger partial charge on any atom is 0.410 e. The fourth-order valence-electron chi connectivity index (χ4n) is 2.30. The lowest BCUT2D eigenvalue weighted by molar-refractivity contribution is 0.0270. The van der Waals surface area contributed by atoms with Crippen LogP contribution in [0.15, 0.2) is 12.4 Å². The number of aryl methyl sites for hydroxylation is 1. The first-order chi connectivity index (χ1) is 10.2. The van der Waals surface area contributed by atoms with E-state index in [4.69, 9.17) is 4.74 Å². The maximum absolute atomic E-state index is 12.0. The van der Waals surface area contributed by atoms with Gasteiger partial charge in [0.2, 0.25) is 0 Å². The van der Waals surface area contributed by atoms with Crippen LogP contribution in [0.3, 0.4) is 0 Å². The summed E-state index contributed by atoms with van der Waals surface area (Å²) in [5.74, 6) is 0. The lowest BCUT2D eigenvalue weighted by Crippen LogP contribution is -2.39. The highest BCUT2D eigenvalue weighted by molar-refractivity contribution is 5.68. The first kappa shape index (κ1) is 16.6. The molecule has 0 bridgehead atoms. The minimum absolute atomic E-state index is 0.192. The van der Waals surface area contributed by atoms with Crippen molar-refractivity contribution in [2.75, 3.05) is 13.1 Å². The van der Waals surface area contributed by atoms with Crippen molar-refractivity contribution in [1.29, 1.82) is 0 Å². The number of aromatic nitrogens is 2. The summed E-state index contributed by atoms with van der Waals surface area (Å²) in [6.07, 6.45) is 0.508. The molecule has 1 saturated heterocycles. The molecule has 0 aliphatic carbocycles. The molecule has 0 radical (unpaired) electrons. The van der Waals surface area contributed by atoms with Crippen molar-refractivity contribution in [1.82, 2.24) is 20.2 Å². The van der Waals surface area contributed by atoms with Crippen LogP contribution in [0.2, 0.25) is 0 Å². The molecule has 0 saturated carbocycles. The topological polar surface area (TPSA) is 87.6 Å². The summed E-state index contributed by atoms with van der Waals surface area (Å²) in [5, 5.41) is 13.3. The number of nitrogens with one attached hydrogen (secondary N) is 1. The molecule has 2 N–H and O–H groups in total. The second-order valence-electron chi connectivity index (χ2n) is 6.59. The van der Waals surface area contributed by atoms with E-state index in [1.165, 1.54) is 11.2 Å². The molecule has 0 unspecified atom stereocenters. The first-order valence-corrected chi connectivity index (χ1v) is 7.41. The van der Waals surface area contributed by atoms with Gasteiger partial charge in [-0.25, -0.2) is 14.8 Å². The van der Waals surface area contributed by atoms with Crippen molar-refractivity contribution < 1.29 is 14.6 Å². The maximum atomic E-state index is 12.0. The number of hydrogen-bond acceptors (Lipinski definition) is 6. The van der Waals surface area contributed by atoms with Gasteiger partial charge in [0.05, 0.1) is 24.4 Å². The van der Waals surface area contributed by atoms with E-state index in [1.807, 2.05) is 33.8 Å². The van der Waals surface area contributed by atoms with Crippen LogP contribution in [0.5, 0.6) is 0 Å². The van der Waals surface area contributed by atoms with Crippen LogP contribution in [0.25, 0.3) is 0 Å². The average Bonchev–Trinajstić information content (AvgIpc) is 2.76. The van der Waals surface area contributed by atoms with Crippen molar-refractivity contribution in [3.63, 3.8) is 0 Å². The average molecular weight is 308 g/mol. The van der Waals surface area contributed by atoms with Gasteiger partial charge in [-0.15, -0.1) is 0 Å². The number of hydrogen-bond donors (Lipinski definition) is 2. The largest absolute Gasteiger partial charge is 0.444 e. The van der Waals surface area contributed by atoms with Crippen molar-refractivity contribution >= 4 is 6.09 Å². The standard InChI is InChI=1S/C15H24N4O3/c1-10-5-11(18-9-17-10)6-16-12-7-19(8-13(12)20)14(21)22-15(2,3)4/h5,9,12-13,16,20H,6-8H2,1-4H3/t12-,13-/m1/s1. The van der Waals surface area contributed by atoms with Gasteiger partial charge in [0.15, 0.2) is 0 Å². The highest BCUT2D eigenvalue weighted by Gasteiger charge is 2.35. The van der Waals surface area contributed by atoms with Crippen LogP contribution in [0.1, 0.15) is 32.2 Å². The van der Waals surface area contributed by atoms with Gasteiger partial charge >= 0.3 is 6.09 Å². The lowest BCUT2D eigenvalue weighted by Gasteiger charge is -2.24. The van der Waals surface area contributed by atoms with E-state index >= 15 is 0 Å². The van der Waals surface area contributed by atoms with E-state index < -0.39 is 17.8 Å². The normalized spacial score (nSPS) is 22.0. The number of rotatable bonds is 3. The minimum Gasteiger partial charge on any atom is -0.444 e. The molecule has 1 aliphatic heterocycles. The third-order valence-corrected chi connectivity index (χ3v) is 3.35. The van der Waals surface area contributed by atoms with Crippen molar-refractivity contribution in [2.24, 2.45) is 0 Å². The van der Waals surface area contributed by atoms with Gasteiger partial charge in [0.25, 0.3) is 0 Å². The predicted octanol–water partition coefficient (Wildman–Crippen LogP) is 0.855. The van der Waals surface area contributed by atoms with E-state index in [1.54, 1.807) is 0 Å². The van der Waals surface area contributed by atoms with Gasteiger partial charge in [-0.2, -0.15) is 0 Å². The first-order valence-electron chi connectivity index (χ1n) is 7.41. The summed E-state index contributed by atoms with van der Waals surface area (Å²) < 4.78 is 5.32. The smallest absolute Gasteiger partial charge is 0.410 e. The van der Waals surface area contributed by atoms with Gasteiger partial charge in [-0.3, -0.25) is 0 Å². The molecular formula is C15H24N4O3. The Bertz CT molecular complexity index is 530. The third kappa shape index (κ3) is 4.64. The summed E-state index contributed by atoms with van der Waals surface area (Å²) in [6, 6.07) is 1.70. The van der Waals surface area contributed by atoms with Gasteiger partial charge in [-0.05, 0) is 33.8 Å². The number of ether oxygens (including phenoxy) is 1. The molecule has 2 rings (SSSR count). The highest BCUT2D eigenvalue weighted by Crippen LogP contribution is 2.16. The summed E-state index contributed by atoms with van der Waals surface area (Å²) in [5.41, 5.74) is 1.22. The molecule has 1 fully saturated rings. The number of nitrogens with zero attached hydrogens (tertiary/aromatic N) is 3. The van der Waals surface area contributed by atoms with Crippen LogP contribution in [0, 0.1) is 6.92 Å². The molecule has 1 aromatic rings. The number of β-amino-alcohol motifs (C(OH)–C–C–N with tert-alkyl or cyclic N) is 1. The fourth-order valence-corrected chi connectivity index (χ4v) is 2.30. The monoisotopic (exact) mass is 308 g/mol. The summed E-state index contributed by atoms with van der Waals surface area (Å²) in [7, 11) is 0. The molecule has 122 valence electrons. The zero-order chi connectivity index (χ0) is 16.3. The Morgan fingerprint density at radius 3 is 2.82 bits per heavy atom. The number of aliphatic hydroxyl groups is 1. The van der Waals surface area contributed by atoms with Gasteiger partial charge in [0.1, 0.15) is 11.9 Å². The van der Waals surface area contributed by atoms with E-state index in [0.717, 1.165) is 11.4 Å². The molecule has 0 spiro atoms. The predicted molar refractivity (Wildman–Crippen MR) is 81.2 cm³/mol. The van der Waals surface area contributed by atoms with Crippen molar-refractivity contribution in [3.05, 3.63) is 23.8 Å². The Kier molecular flexibility index (Phi) is 4.97. The van der Waals surface area contributed by atoms with Crippen molar-refractivity contribution in [3.8, 4) is 0 Å². The molecule has 0 aromatic carbocycles. The number of aliphatic hydroxyl groups excluding tert-OH is 1. The van der Waals surface area contributed by atoms with Crippen LogP contribution < -0.4 is 5.32 Å². The zero-order valence-electron chi connectivity index (χ0n) is 13.5. The number of carbonyl (C=O) groups excluding carboxylic acids is 1. The highest BCUT2D eigenvalue weighted by atomic mass is 16.6. The molecule has 1 amide bonds. The summed E-state index contributed by atoms with van der Waals surface area (Å²) in [4.78, 5) is 21.8.